The van der Waals surface area contributed by atoms with Crippen molar-refractivity contribution in [3.05, 3.63) is 60.2 Å². The second-order valence-corrected chi connectivity index (χ2v) is 6.56. The van der Waals surface area contributed by atoms with Crippen LogP contribution in [0.4, 0.5) is 0 Å². The zero-order valence-electron chi connectivity index (χ0n) is 14.8. The predicted octanol–water partition coefficient (Wildman–Crippen LogP) is 3.46. The van der Waals surface area contributed by atoms with Crippen molar-refractivity contribution in [1.29, 1.82) is 0 Å². The summed E-state index contributed by atoms with van der Waals surface area (Å²) >= 11 is 0. The smallest absolute Gasteiger partial charge is 0.147 e. The molecule has 3 rings (SSSR count). The summed E-state index contributed by atoms with van der Waals surface area (Å²) in [6.07, 6.45) is 9.33. The Bertz CT molecular complexity index is 642. The van der Waals surface area contributed by atoms with Crippen molar-refractivity contribution in [2.45, 2.75) is 25.7 Å². The highest BCUT2D eigenvalue weighted by molar-refractivity contribution is 5.89. The molecule has 1 fully saturated rings. The van der Waals surface area contributed by atoms with Gasteiger partial charge < -0.3 is 14.8 Å². The lowest BCUT2D eigenvalue weighted by Crippen LogP contribution is -2.48. The van der Waals surface area contributed by atoms with Gasteiger partial charge in [0, 0.05) is 25.6 Å². The first-order valence-electron chi connectivity index (χ1n) is 8.96. The molecule has 1 aliphatic heterocycles. The summed E-state index contributed by atoms with van der Waals surface area (Å²) in [6.45, 7) is 2.07. The van der Waals surface area contributed by atoms with E-state index < -0.39 is 5.41 Å². The van der Waals surface area contributed by atoms with Crippen LogP contribution >= 0.6 is 0 Å². The number of ketones is 1. The van der Waals surface area contributed by atoms with Crippen LogP contribution in [0.2, 0.25) is 0 Å². The minimum absolute atomic E-state index is 0.227. The minimum atomic E-state index is -0.533. The highest BCUT2D eigenvalue weighted by atomic mass is 16.5. The van der Waals surface area contributed by atoms with Crippen LogP contribution in [0.1, 0.15) is 25.7 Å². The average molecular weight is 340 g/mol. The molecule has 0 bridgehead atoms. The Balaban J connectivity index is 1.88. The van der Waals surface area contributed by atoms with E-state index in [0.29, 0.717) is 19.6 Å². The number of para-hydroxylation sites is 1. The summed E-state index contributed by atoms with van der Waals surface area (Å²) in [5, 5.41) is 3.42. The second-order valence-electron chi connectivity index (χ2n) is 6.56. The van der Waals surface area contributed by atoms with Gasteiger partial charge in [0.05, 0.1) is 12.0 Å². The molecule has 0 amide bonds. The van der Waals surface area contributed by atoms with Crippen LogP contribution in [0.15, 0.2) is 53.8 Å². The van der Waals surface area contributed by atoms with Crippen molar-refractivity contribution in [1.82, 2.24) is 5.32 Å². The van der Waals surface area contributed by atoms with E-state index >= 15 is 0 Å². The SMILES string of the molecule is COCCC(=O)[C@@]1(C2=C[CH]CC=C2Oc2ccccc2)CCCNC1. The van der Waals surface area contributed by atoms with Crippen molar-refractivity contribution in [2.24, 2.45) is 5.41 Å². The van der Waals surface area contributed by atoms with Gasteiger partial charge in [-0.15, -0.1) is 0 Å². The molecule has 4 heteroatoms. The molecule has 133 valence electrons. The van der Waals surface area contributed by atoms with Gasteiger partial charge in [0.25, 0.3) is 0 Å². The van der Waals surface area contributed by atoms with Crippen molar-refractivity contribution >= 4 is 5.78 Å². The maximum atomic E-state index is 13.1. The van der Waals surface area contributed by atoms with Gasteiger partial charge in [-0.25, -0.2) is 0 Å². The van der Waals surface area contributed by atoms with Gasteiger partial charge in [-0.1, -0.05) is 24.3 Å². The van der Waals surface area contributed by atoms with Gasteiger partial charge >= 0.3 is 0 Å². The van der Waals surface area contributed by atoms with Crippen molar-refractivity contribution in [3.8, 4) is 5.75 Å². The Morgan fingerprint density at radius 2 is 2.12 bits per heavy atom. The molecule has 2 aliphatic rings. The fraction of sp³-hybridized carbons (Fsp3) is 0.429. The topological polar surface area (TPSA) is 47.6 Å². The van der Waals surface area contributed by atoms with E-state index in [2.05, 4.69) is 23.9 Å². The predicted molar refractivity (Wildman–Crippen MR) is 98.2 cm³/mol. The first-order valence-corrected chi connectivity index (χ1v) is 8.96. The third-order valence-electron chi connectivity index (χ3n) is 4.93. The molecular weight excluding hydrogens is 314 g/mol. The van der Waals surface area contributed by atoms with Gasteiger partial charge in [0.1, 0.15) is 17.3 Å². The van der Waals surface area contributed by atoms with Gasteiger partial charge in [-0.3, -0.25) is 4.79 Å². The van der Waals surface area contributed by atoms with Crippen LogP contribution in [0, 0.1) is 11.8 Å². The molecule has 1 heterocycles. The molecule has 0 unspecified atom stereocenters. The number of carbonyl (C=O) groups is 1. The van der Waals surface area contributed by atoms with Gasteiger partial charge in [-0.05, 0) is 50.4 Å². The molecule has 0 spiro atoms. The van der Waals surface area contributed by atoms with Gasteiger partial charge in [0.2, 0.25) is 0 Å². The van der Waals surface area contributed by atoms with Crippen LogP contribution in [-0.2, 0) is 9.53 Å². The highest BCUT2D eigenvalue weighted by Gasteiger charge is 2.44. The third kappa shape index (κ3) is 4.02. The number of ether oxygens (including phenoxy) is 2. The molecule has 4 nitrogen and oxygen atoms in total. The van der Waals surface area contributed by atoms with E-state index in [0.717, 1.165) is 42.9 Å². The molecule has 1 aromatic carbocycles. The summed E-state index contributed by atoms with van der Waals surface area (Å²) in [5.74, 6) is 1.83. The van der Waals surface area contributed by atoms with E-state index in [9.17, 15) is 4.79 Å². The lowest BCUT2D eigenvalue weighted by Gasteiger charge is -2.40. The summed E-state index contributed by atoms with van der Waals surface area (Å²) in [5.41, 5.74) is 0.463. The number of carbonyl (C=O) groups excluding carboxylic acids is 1. The van der Waals surface area contributed by atoms with Crippen molar-refractivity contribution in [2.75, 3.05) is 26.8 Å². The Labute approximate surface area is 149 Å². The number of rotatable bonds is 7. The lowest BCUT2D eigenvalue weighted by molar-refractivity contribution is -0.128. The minimum Gasteiger partial charge on any atom is -0.457 e. The Morgan fingerprint density at radius 3 is 2.84 bits per heavy atom. The standard InChI is InChI=1S/C21H26NO3/c1-24-15-12-20(23)21(13-7-14-22-16-21)18-10-5-6-11-19(18)25-17-8-3-2-4-9-17/h2-5,8-11,22H,6-7,12-16H2,1H3/t21-/m0/s1. The van der Waals surface area contributed by atoms with Crippen LogP contribution < -0.4 is 10.1 Å². The Hall–Kier alpha value is -1.91. The van der Waals surface area contributed by atoms with E-state index in [1.807, 2.05) is 30.3 Å². The van der Waals surface area contributed by atoms with Crippen molar-refractivity contribution in [3.63, 3.8) is 0 Å². The molecule has 1 aliphatic carbocycles. The molecule has 1 atom stereocenters. The maximum Gasteiger partial charge on any atom is 0.147 e. The van der Waals surface area contributed by atoms with E-state index in [-0.39, 0.29) is 5.78 Å². The number of hydrogen-bond donors (Lipinski definition) is 1. The number of nitrogens with one attached hydrogen (secondary N) is 1. The second kappa shape index (κ2) is 8.45. The van der Waals surface area contributed by atoms with Crippen LogP contribution in [0.5, 0.6) is 5.75 Å². The fourth-order valence-corrected chi connectivity index (χ4v) is 3.62. The maximum absolute atomic E-state index is 13.1. The van der Waals surface area contributed by atoms with Gasteiger partial charge in [-0.2, -0.15) is 0 Å². The molecule has 1 radical (unpaired) electrons. The number of piperidine rings is 1. The zero-order chi connectivity index (χ0) is 17.5. The van der Waals surface area contributed by atoms with E-state index in [1.54, 1.807) is 7.11 Å². The third-order valence-corrected chi connectivity index (χ3v) is 4.93. The fourth-order valence-electron chi connectivity index (χ4n) is 3.62. The molecule has 1 saturated heterocycles. The molecule has 25 heavy (non-hydrogen) atoms. The Morgan fingerprint density at radius 1 is 1.28 bits per heavy atom. The molecule has 1 aromatic rings. The first kappa shape index (κ1) is 17.9. The average Bonchev–Trinajstić information content (AvgIpc) is 2.68. The number of allylic oxidation sites excluding steroid dienone is 3. The monoisotopic (exact) mass is 340 g/mol. The largest absolute Gasteiger partial charge is 0.457 e. The van der Waals surface area contributed by atoms with E-state index in [4.69, 9.17) is 9.47 Å². The quantitative estimate of drug-likeness (QED) is 0.826. The molecule has 0 saturated carbocycles. The first-order chi connectivity index (χ1) is 12.3. The molecule has 0 aromatic heterocycles. The number of methoxy groups -OCH3 is 1. The highest BCUT2D eigenvalue weighted by Crippen LogP contribution is 2.42. The number of hydrogen-bond acceptors (Lipinski definition) is 4. The van der Waals surface area contributed by atoms with Crippen LogP contribution in [0.25, 0.3) is 0 Å². The molecule has 1 N–H and O–H groups in total. The number of benzene rings is 1. The van der Waals surface area contributed by atoms with E-state index in [1.165, 1.54) is 0 Å². The lowest BCUT2D eigenvalue weighted by atomic mass is 9.68. The Kier molecular flexibility index (Phi) is 6.05. The summed E-state index contributed by atoms with van der Waals surface area (Å²) in [4.78, 5) is 13.1. The summed E-state index contributed by atoms with van der Waals surface area (Å²) in [6, 6.07) is 9.75. The number of Topliss-reactive ketones (excluding diaryl/α,β-unsaturated/α-hetero) is 1. The normalized spacial score (nSPS) is 23.6. The van der Waals surface area contributed by atoms with Gasteiger partial charge in [0.15, 0.2) is 0 Å². The van der Waals surface area contributed by atoms with Crippen LogP contribution in [0.3, 0.4) is 0 Å². The summed E-state index contributed by atoms with van der Waals surface area (Å²) in [7, 11) is 1.64. The molecular formula is C21H26NO3. The zero-order valence-corrected chi connectivity index (χ0v) is 14.8. The van der Waals surface area contributed by atoms with Crippen molar-refractivity contribution < 1.29 is 14.3 Å². The summed E-state index contributed by atoms with van der Waals surface area (Å²) < 4.78 is 11.3. The van der Waals surface area contributed by atoms with Crippen LogP contribution in [-0.4, -0.2) is 32.6 Å².